The molecule has 0 aliphatic heterocycles. The van der Waals surface area contributed by atoms with Crippen LogP contribution in [0.1, 0.15) is 23.6 Å². The van der Waals surface area contributed by atoms with Gasteiger partial charge in [0, 0.05) is 12.6 Å². The Morgan fingerprint density at radius 3 is 2.04 bits per heavy atom. The van der Waals surface area contributed by atoms with Crippen LogP contribution in [0.2, 0.25) is 10.0 Å². The van der Waals surface area contributed by atoms with Gasteiger partial charge in [-0.1, -0.05) is 47.0 Å². The van der Waals surface area contributed by atoms with E-state index in [2.05, 4.69) is 5.32 Å². The molecular formula is C19H20Cl2N2O2. The molecule has 0 atom stereocenters. The molecule has 0 saturated heterocycles. The van der Waals surface area contributed by atoms with Crippen molar-refractivity contribution in [3.05, 3.63) is 57.1 Å². The fraction of sp³-hybridized carbons (Fsp3) is 0.263. The van der Waals surface area contributed by atoms with Crippen LogP contribution in [0.4, 0.5) is 11.4 Å². The van der Waals surface area contributed by atoms with Gasteiger partial charge in [-0.15, -0.1) is 0 Å². The van der Waals surface area contributed by atoms with Crippen LogP contribution in [0.25, 0.3) is 0 Å². The molecular weight excluding hydrogens is 359 g/mol. The minimum absolute atomic E-state index is 0.175. The molecule has 0 saturated carbocycles. The summed E-state index contributed by atoms with van der Waals surface area (Å²) in [6.07, 6.45) is 0. The zero-order valence-corrected chi connectivity index (χ0v) is 16.1. The predicted molar refractivity (Wildman–Crippen MR) is 104 cm³/mol. The normalized spacial score (nSPS) is 10.5. The molecule has 4 nitrogen and oxygen atoms in total. The molecule has 0 heterocycles. The van der Waals surface area contributed by atoms with E-state index in [0.29, 0.717) is 15.7 Å². The molecule has 2 amide bonds. The van der Waals surface area contributed by atoms with E-state index in [1.165, 1.54) is 11.8 Å². The number of para-hydroxylation sites is 1. The number of hydrogen-bond acceptors (Lipinski definition) is 2. The molecule has 0 radical (unpaired) electrons. The smallest absolute Gasteiger partial charge is 0.244 e. The Hall–Kier alpha value is -2.04. The van der Waals surface area contributed by atoms with Gasteiger partial charge in [0.2, 0.25) is 11.8 Å². The van der Waals surface area contributed by atoms with Crippen molar-refractivity contribution in [2.24, 2.45) is 0 Å². The number of nitrogens with zero attached hydrogens (tertiary/aromatic N) is 1. The minimum Gasteiger partial charge on any atom is -0.324 e. The Morgan fingerprint density at radius 1 is 1.04 bits per heavy atom. The van der Waals surface area contributed by atoms with Gasteiger partial charge in [-0.2, -0.15) is 0 Å². The highest BCUT2D eigenvalue weighted by molar-refractivity contribution is 6.40. The molecule has 25 heavy (non-hydrogen) atoms. The predicted octanol–water partition coefficient (Wildman–Crippen LogP) is 4.91. The fourth-order valence-corrected chi connectivity index (χ4v) is 3.40. The second-order valence-corrected chi connectivity index (χ2v) is 6.81. The number of rotatable bonds is 4. The lowest BCUT2D eigenvalue weighted by atomic mass is 10.1. The first-order valence-corrected chi connectivity index (χ1v) is 8.56. The highest BCUT2D eigenvalue weighted by atomic mass is 35.5. The molecule has 0 bridgehead atoms. The van der Waals surface area contributed by atoms with Crippen molar-refractivity contribution in [1.29, 1.82) is 0 Å². The third-order valence-electron chi connectivity index (χ3n) is 3.83. The number of benzene rings is 2. The summed E-state index contributed by atoms with van der Waals surface area (Å²) in [5.74, 6) is -0.635. The van der Waals surface area contributed by atoms with Crippen LogP contribution in [-0.4, -0.2) is 18.4 Å². The largest absolute Gasteiger partial charge is 0.324 e. The molecule has 2 aromatic rings. The van der Waals surface area contributed by atoms with Crippen LogP contribution in [-0.2, 0) is 9.59 Å². The Kier molecular flexibility index (Phi) is 6.09. The van der Waals surface area contributed by atoms with Gasteiger partial charge in [0.05, 0.1) is 15.7 Å². The van der Waals surface area contributed by atoms with Crippen LogP contribution in [0.3, 0.4) is 0 Å². The number of amides is 2. The van der Waals surface area contributed by atoms with Gasteiger partial charge >= 0.3 is 0 Å². The number of halogens is 2. The van der Waals surface area contributed by atoms with E-state index in [9.17, 15) is 9.59 Å². The molecule has 1 N–H and O–H groups in total. The average molecular weight is 379 g/mol. The van der Waals surface area contributed by atoms with Gasteiger partial charge < -0.3 is 10.2 Å². The minimum atomic E-state index is -0.318. The fourth-order valence-electron chi connectivity index (χ4n) is 2.79. The lowest BCUT2D eigenvalue weighted by molar-refractivity contribution is -0.120. The van der Waals surface area contributed by atoms with Crippen molar-refractivity contribution in [2.75, 3.05) is 16.8 Å². The summed E-state index contributed by atoms with van der Waals surface area (Å²) in [5, 5.41) is 3.52. The van der Waals surface area contributed by atoms with Gasteiger partial charge in [-0.3, -0.25) is 9.59 Å². The number of aryl methyl sites for hydroxylation is 3. The monoisotopic (exact) mass is 378 g/mol. The van der Waals surface area contributed by atoms with Gasteiger partial charge in [0.1, 0.15) is 6.54 Å². The van der Waals surface area contributed by atoms with E-state index in [4.69, 9.17) is 23.2 Å². The first kappa shape index (κ1) is 19.3. The summed E-state index contributed by atoms with van der Waals surface area (Å²) in [6.45, 7) is 7.07. The van der Waals surface area contributed by atoms with E-state index in [1.54, 1.807) is 18.2 Å². The Morgan fingerprint density at radius 2 is 1.56 bits per heavy atom. The van der Waals surface area contributed by atoms with Crippen LogP contribution >= 0.6 is 23.2 Å². The number of nitrogens with one attached hydrogen (secondary N) is 1. The highest BCUT2D eigenvalue weighted by Gasteiger charge is 2.21. The third-order valence-corrected chi connectivity index (χ3v) is 4.44. The highest BCUT2D eigenvalue weighted by Crippen LogP contribution is 2.33. The molecule has 0 spiro atoms. The molecule has 6 heteroatoms. The average Bonchev–Trinajstić information content (AvgIpc) is 2.49. The summed E-state index contributed by atoms with van der Waals surface area (Å²) in [4.78, 5) is 25.8. The Bertz CT molecular complexity index is 791. The van der Waals surface area contributed by atoms with E-state index in [1.807, 2.05) is 32.9 Å². The quantitative estimate of drug-likeness (QED) is 0.821. The number of anilines is 2. The van der Waals surface area contributed by atoms with E-state index in [0.717, 1.165) is 22.4 Å². The lowest BCUT2D eigenvalue weighted by Gasteiger charge is -2.23. The van der Waals surface area contributed by atoms with E-state index >= 15 is 0 Å². The summed E-state index contributed by atoms with van der Waals surface area (Å²) in [5.41, 5.74) is 4.16. The van der Waals surface area contributed by atoms with Crippen LogP contribution in [0.5, 0.6) is 0 Å². The molecule has 2 aromatic carbocycles. The maximum absolute atomic E-state index is 12.5. The molecule has 2 rings (SSSR count). The Balaban J connectivity index is 2.27. The summed E-state index contributed by atoms with van der Waals surface area (Å²) in [6, 6.07) is 8.94. The standard InChI is InChI=1S/C19H20Cl2N2O2/c1-11-8-12(2)18(13(3)9-11)22-17(25)10-23(14(4)24)19-15(20)6-5-7-16(19)21/h5-9H,10H2,1-4H3,(H,22,25). The van der Waals surface area contributed by atoms with Gasteiger partial charge in [-0.05, 0) is 44.0 Å². The van der Waals surface area contributed by atoms with Crippen molar-refractivity contribution >= 4 is 46.4 Å². The Labute approximate surface area is 157 Å². The first-order valence-electron chi connectivity index (χ1n) is 7.80. The molecule has 132 valence electrons. The van der Waals surface area contributed by atoms with E-state index < -0.39 is 0 Å². The molecule has 0 aromatic heterocycles. The lowest BCUT2D eigenvalue weighted by Crippen LogP contribution is -2.37. The van der Waals surface area contributed by atoms with E-state index in [-0.39, 0.29) is 18.4 Å². The van der Waals surface area contributed by atoms with Crippen molar-refractivity contribution in [3.8, 4) is 0 Å². The zero-order chi connectivity index (χ0) is 18.7. The van der Waals surface area contributed by atoms with Crippen molar-refractivity contribution in [3.63, 3.8) is 0 Å². The van der Waals surface area contributed by atoms with Crippen LogP contribution in [0.15, 0.2) is 30.3 Å². The second-order valence-electron chi connectivity index (χ2n) is 6.00. The molecule has 0 fully saturated rings. The SMILES string of the molecule is CC(=O)N(CC(=O)Nc1c(C)cc(C)cc1C)c1c(Cl)cccc1Cl. The maximum Gasteiger partial charge on any atom is 0.244 e. The summed E-state index contributed by atoms with van der Waals surface area (Å²) in [7, 11) is 0. The summed E-state index contributed by atoms with van der Waals surface area (Å²) < 4.78 is 0. The summed E-state index contributed by atoms with van der Waals surface area (Å²) >= 11 is 12.3. The van der Waals surface area contributed by atoms with Gasteiger partial charge in [0.15, 0.2) is 0 Å². The van der Waals surface area contributed by atoms with Crippen LogP contribution < -0.4 is 10.2 Å². The molecule has 0 aliphatic carbocycles. The number of carbonyl (C=O) groups is 2. The van der Waals surface area contributed by atoms with Gasteiger partial charge in [0.25, 0.3) is 0 Å². The number of carbonyl (C=O) groups excluding carboxylic acids is 2. The van der Waals surface area contributed by atoms with Gasteiger partial charge in [-0.25, -0.2) is 0 Å². The maximum atomic E-state index is 12.5. The number of hydrogen-bond donors (Lipinski definition) is 1. The zero-order valence-electron chi connectivity index (χ0n) is 14.6. The topological polar surface area (TPSA) is 49.4 Å². The van der Waals surface area contributed by atoms with Crippen molar-refractivity contribution in [2.45, 2.75) is 27.7 Å². The van der Waals surface area contributed by atoms with Crippen LogP contribution in [0, 0.1) is 20.8 Å². The van der Waals surface area contributed by atoms with Crippen molar-refractivity contribution in [1.82, 2.24) is 0 Å². The first-order chi connectivity index (χ1) is 11.7. The third kappa shape index (κ3) is 4.53. The molecule has 0 aliphatic rings. The van der Waals surface area contributed by atoms with Crippen molar-refractivity contribution < 1.29 is 9.59 Å². The second kappa shape index (κ2) is 7.89. The molecule has 0 unspecified atom stereocenters.